The van der Waals surface area contributed by atoms with E-state index in [1.165, 1.54) is 11.1 Å². The third-order valence-corrected chi connectivity index (χ3v) is 2.13. The number of benzene rings is 1. The van der Waals surface area contributed by atoms with E-state index < -0.39 is 0 Å². The maximum atomic E-state index is 5.35. The van der Waals surface area contributed by atoms with Gasteiger partial charge in [0.1, 0.15) is 0 Å². The monoisotopic (exact) mass is 213 g/mol. The highest BCUT2D eigenvalue weighted by Crippen LogP contribution is 2.02. The Hall–Kier alpha value is -0.530. The van der Waals surface area contributed by atoms with Crippen LogP contribution in [0, 0.1) is 13.8 Å². The molecule has 0 spiro atoms. The normalized spacial score (nSPS) is 9.57. The summed E-state index contributed by atoms with van der Waals surface area (Å²) in [6, 6.07) is 8.36. The number of nitrogens with zero attached hydrogens (tertiary/aromatic N) is 1. The minimum absolute atomic E-state index is 0.729. The van der Waals surface area contributed by atoms with Gasteiger partial charge in [0, 0.05) is 12.4 Å². The predicted molar refractivity (Wildman–Crippen MR) is 65.2 cm³/mol. The van der Waals surface area contributed by atoms with Gasteiger partial charge in [0.15, 0.2) is 0 Å². The second kappa shape index (κ2) is 7.84. The van der Waals surface area contributed by atoms with Crippen molar-refractivity contribution in [1.29, 1.82) is 0 Å². The molecule has 14 heavy (non-hydrogen) atoms. The average molecular weight is 214 g/mol. The summed E-state index contributed by atoms with van der Waals surface area (Å²) in [7, 11) is 4.00. The van der Waals surface area contributed by atoms with Crippen molar-refractivity contribution < 1.29 is 0 Å². The number of rotatable bonds is 2. The van der Waals surface area contributed by atoms with Gasteiger partial charge in [-0.1, -0.05) is 24.3 Å². The molecule has 80 valence electrons. The summed E-state index contributed by atoms with van der Waals surface area (Å²) >= 11 is 5.35. The van der Waals surface area contributed by atoms with Crippen LogP contribution in [0.4, 0.5) is 0 Å². The Morgan fingerprint density at radius 2 is 1.50 bits per heavy atom. The molecule has 1 nitrogen and oxygen atoms in total. The largest absolute Gasteiger partial charge is 0.308 e. The summed E-state index contributed by atoms with van der Waals surface area (Å²) < 4.78 is 0. The minimum Gasteiger partial charge on any atom is -0.308 e. The zero-order valence-corrected chi connectivity index (χ0v) is 10.3. The number of aryl methyl sites for hydroxylation is 2. The predicted octanol–water partition coefficient (Wildman–Crippen LogP) is 3.09. The molecular formula is C12H20ClN. The molecule has 0 bridgehead atoms. The first-order chi connectivity index (χ1) is 6.57. The molecule has 0 saturated carbocycles. The molecule has 0 unspecified atom stereocenters. The summed E-state index contributed by atoms with van der Waals surface area (Å²) in [5, 5.41) is 0. The Labute approximate surface area is 92.7 Å². The lowest BCUT2D eigenvalue weighted by Gasteiger charge is -2.02. The maximum absolute atomic E-state index is 5.35. The lowest BCUT2D eigenvalue weighted by molar-refractivity contribution is 0.436. The van der Waals surface area contributed by atoms with Gasteiger partial charge in [-0.25, -0.2) is 0 Å². The van der Waals surface area contributed by atoms with Crippen molar-refractivity contribution in [2.75, 3.05) is 26.5 Å². The van der Waals surface area contributed by atoms with Crippen molar-refractivity contribution in [3.8, 4) is 0 Å². The van der Waals surface area contributed by atoms with Crippen LogP contribution < -0.4 is 0 Å². The van der Waals surface area contributed by atoms with Crippen molar-refractivity contribution in [3.63, 3.8) is 0 Å². The topological polar surface area (TPSA) is 3.24 Å². The zero-order valence-electron chi connectivity index (χ0n) is 9.55. The van der Waals surface area contributed by atoms with Gasteiger partial charge >= 0.3 is 0 Å². The van der Waals surface area contributed by atoms with Gasteiger partial charge in [0.2, 0.25) is 0 Å². The molecule has 1 aromatic rings. The Morgan fingerprint density at radius 1 is 1.07 bits per heavy atom. The number of hydrogen-bond acceptors (Lipinski definition) is 1. The Balaban J connectivity index is 0.000000255. The third kappa shape index (κ3) is 6.93. The zero-order chi connectivity index (χ0) is 11.0. The van der Waals surface area contributed by atoms with Gasteiger partial charge in [-0.15, -0.1) is 11.6 Å². The Kier molecular flexibility index (Phi) is 7.54. The van der Waals surface area contributed by atoms with Crippen molar-refractivity contribution in [2.24, 2.45) is 0 Å². The molecule has 0 aromatic heterocycles. The van der Waals surface area contributed by atoms with Crippen LogP contribution in [0.3, 0.4) is 0 Å². The molecule has 0 aliphatic carbocycles. The molecule has 0 heterocycles. The first-order valence-electron chi connectivity index (χ1n) is 4.81. The van der Waals surface area contributed by atoms with E-state index in [9.17, 15) is 0 Å². The molecule has 0 saturated heterocycles. The summed E-state index contributed by atoms with van der Waals surface area (Å²) in [5.74, 6) is 0.729. The van der Waals surface area contributed by atoms with E-state index in [0.717, 1.165) is 12.4 Å². The molecule has 0 aliphatic rings. The molecule has 0 fully saturated rings. The molecule has 0 aliphatic heterocycles. The highest BCUT2D eigenvalue weighted by molar-refractivity contribution is 6.18. The van der Waals surface area contributed by atoms with Crippen LogP contribution in [0.1, 0.15) is 11.1 Å². The molecule has 2 heteroatoms. The SMILES string of the molecule is CN(C)CCCl.Cc1ccccc1C. The van der Waals surface area contributed by atoms with E-state index in [4.69, 9.17) is 11.6 Å². The van der Waals surface area contributed by atoms with E-state index in [2.05, 4.69) is 38.1 Å². The van der Waals surface area contributed by atoms with Crippen LogP contribution in [0.25, 0.3) is 0 Å². The van der Waals surface area contributed by atoms with Gasteiger partial charge in [0.25, 0.3) is 0 Å². The van der Waals surface area contributed by atoms with E-state index in [1.807, 2.05) is 19.0 Å². The molecule has 0 radical (unpaired) electrons. The van der Waals surface area contributed by atoms with Crippen molar-refractivity contribution in [2.45, 2.75) is 13.8 Å². The van der Waals surface area contributed by atoms with Crippen LogP contribution in [-0.4, -0.2) is 31.4 Å². The third-order valence-electron chi connectivity index (χ3n) is 1.96. The fourth-order valence-corrected chi connectivity index (χ4v) is 1.17. The number of halogens is 1. The average Bonchev–Trinajstić information content (AvgIpc) is 2.11. The maximum Gasteiger partial charge on any atom is 0.0350 e. The molecule has 1 aromatic carbocycles. The van der Waals surface area contributed by atoms with Crippen LogP contribution in [0.15, 0.2) is 24.3 Å². The first kappa shape index (κ1) is 13.5. The van der Waals surface area contributed by atoms with E-state index in [1.54, 1.807) is 0 Å². The second-order valence-corrected chi connectivity index (χ2v) is 3.95. The van der Waals surface area contributed by atoms with Gasteiger partial charge in [-0.2, -0.15) is 0 Å². The highest BCUT2D eigenvalue weighted by atomic mass is 35.5. The van der Waals surface area contributed by atoms with Crippen molar-refractivity contribution in [3.05, 3.63) is 35.4 Å². The van der Waals surface area contributed by atoms with Crippen LogP contribution in [0.2, 0.25) is 0 Å². The summed E-state index contributed by atoms with van der Waals surface area (Å²) in [6.45, 7) is 5.21. The summed E-state index contributed by atoms with van der Waals surface area (Å²) in [5.41, 5.74) is 2.74. The Morgan fingerprint density at radius 3 is 1.64 bits per heavy atom. The van der Waals surface area contributed by atoms with Crippen molar-refractivity contribution >= 4 is 11.6 Å². The first-order valence-corrected chi connectivity index (χ1v) is 5.34. The van der Waals surface area contributed by atoms with Gasteiger partial charge in [0.05, 0.1) is 0 Å². The number of hydrogen-bond donors (Lipinski definition) is 0. The van der Waals surface area contributed by atoms with Gasteiger partial charge in [-0.3, -0.25) is 0 Å². The van der Waals surface area contributed by atoms with Crippen LogP contribution >= 0.6 is 11.6 Å². The summed E-state index contributed by atoms with van der Waals surface area (Å²) in [6.07, 6.45) is 0. The van der Waals surface area contributed by atoms with E-state index >= 15 is 0 Å². The highest BCUT2D eigenvalue weighted by Gasteiger charge is 1.83. The lowest BCUT2D eigenvalue weighted by atomic mass is 10.1. The fourth-order valence-electron chi connectivity index (χ4n) is 0.832. The molecule has 1 rings (SSSR count). The van der Waals surface area contributed by atoms with Crippen LogP contribution in [0.5, 0.6) is 0 Å². The summed E-state index contributed by atoms with van der Waals surface area (Å²) in [4.78, 5) is 2.05. The molecular weight excluding hydrogens is 194 g/mol. The minimum atomic E-state index is 0.729. The lowest BCUT2D eigenvalue weighted by Crippen LogP contribution is -2.13. The van der Waals surface area contributed by atoms with Gasteiger partial charge < -0.3 is 4.90 Å². The van der Waals surface area contributed by atoms with Crippen LogP contribution in [-0.2, 0) is 0 Å². The number of alkyl halides is 1. The van der Waals surface area contributed by atoms with Crippen molar-refractivity contribution in [1.82, 2.24) is 4.90 Å². The smallest absolute Gasteiger partial charge is 0.0350 e. The Bertz CT molecular complexity index is 225. The second-order valence-electron chi connectivity index (χ2n) is 3.58. The standard InChI is InChI=1S/C8H10.C4H10ClN/c1-7-5-3-4-6-8(7)2;1-6(2)4-3-5/h3-6H,1-2H3;3-4H2,1-2H3. The van der Waals surface area contributed by atoms with E-state index in [-0.39, 0.29) is 0 Å². The quantitative estimate of drug-likeness (QED) is 0.683. The molecule has 0 amide bonds. The fraction of sp³-hybridized carbons (Fsp3) is 0.500. The van der Waals surface area contributed by atoms with Gasteiger partial charge in [-0.05, 0) is 39.1 Å². The van der Waals surface area contributed by atoms with E-state index in [0.29, 0.717) is 0 Å². The molecule has 0 atom stereocenters. The molecule has 0 N–H and O–H groups in total.